The summed E-state index contributed by atoms with van der Waals surface area (Å²) in [7, 11) is 4.42. The quantitative estimate of drug-likeness (QED) is 0.273. The highest BCUT2D eigenvalue weighted by Crippen LogP contribution is 2.51. The molecule has 0 saturated carbocycles. The summed E-state index contributed by atoms with van der Waals surface area (Å²) in [5.74, 6) is 0. The monoisotopic (exact) mass is 506 g/mol. The largest absolute Gasteiger partial charge is 0.503 e. The van der Waals surface area contributed by atoms with E-state index in [9.17, 15) is 0 Å². The SMILES string of the molecule is CO[Si](C)(CC(C(C[Si](OC)(OC)OC)[Si](OC)(OC)OC)[Si](C)(OC)OC)OC. The van der Waals surface area contributed by atoms with Gasteiger partial charge in [0.05, 0.1) is 0 Å². The Morgan fingerprint density at radius 3 is 1.13 bits per heavy atom. The molecule has 0 aromatic rings. The first-order valence-corrected chi connectivity index (χ1v) is 18.2. The van der Waals surface area contributed by atoms with Crippen LogP contribution in [0, 0.1) is 0 Å². The third kappa shape index (κ3) is 6.74. The Morgan fingerprint density at radius 2 is 0.867 bits per heavy atom. The van der Waals surface area contributed by atoms with E-state index in [0.717, 1.165) is 0 Å². The van der Waals surface area contributed by atoms with Crippen LogP contribution in [-0.4, -0.2) is 106 Å². The van der Waals surface area contributed by atoms with Gasteiger partial charge in [0.1, 0.15) is 0 Å². The van der Waals surface area contributed by atoms with Crippen LogP contribution in [0.15, 0.2) is 0 Å². The highest BCUT2D eigenvalue weighted by Gasteiger charge is 2.63. The lowest BCUT2D eigenvalue weighted by atomic mass is 10.3. The molecule has 30 heavy (non-hydrogen) atoms. The zero-order valence-corrected chi connectivity index (χ0v) is 24.7. The zero-order valence-electron chi connectivity index (χ0n) is 20.7. The Labute approximate surface area is 186 Å². The molecule has 0 aliphatic heterocycles. The lowest BCUT2D eigenvalue weighted by Gasteiger charge is -2.45. The van der Waals surface area contributed by atoms with Crippen LogP contribution in [0.1, 0.15) is 0 Å². The molecule has 0 fully saturated rings. The Kier molecular flexibility index (Phi) is 13.4. The molecule has 0 heterocycles. The van der Waals surface area contributed by atoms with Gasteiger partial charge < -0.3 is 44.3 Å². The third-order valence-corrected chi connectivity index (χ3v) is 19.8. The highest BCUT2D eigenvalue weighted by atomic mass is 28.4. The van der Waals surface area contributed by atoms with Crippen LogP contribution in [0.5, 0.6) is 0 Å². The van der Waals surface area contributed by atoms with Gasteiger partial charge in [-0.15, -0.1) is 0 Å². The second-order valence-electron chi connectivity index (χ2n) is 7.10. The van der Waals surface area contributed by atoms with Crippen molar-refractivity contribution in [2.45, 2.75) is 36.3 Å². The molecule has 10 nitrogen and oxygen atoms in total. The van der Waals surface area contributed by atoms with Gasteiger partial charge in [-0.2, -0.15) is 0 Å². The summed E-state index contributed by atoms with van der Waals surface area (Å²) in [4.78, 5) is 0. The van der Waals surface area contributed by atoms with Crippen LogP contribution < -0.4 is 0 Å². The second-order valence-corrected chi connectivity index (χ2v) is 20.4. The first-order valence-electron chi connectivity index (χ1n) is 9.56. The number of rotatable bonds is 17. The molecular formula is C16H42O10Si4. The van der Waals surface area contributed by atoms with E-state index >= 15 is 0 Å². The van der Waals surface area contributed by atoms with Crippen molar-refractivity contribution in [1.82, 2.24) is 0 Å². The summed E-state index contributed by atoms with van der Waals surface area (Å²) >= 11 is 0. The molecule has 0 radical (unpaired) electrons. The fraction of sp³-hybridized carbons (Fsp3) is 1.00. The predicted molar refractivity (Wildman–Crippen MR) is 122 cm³/mol. The molecule has 0 N–H and O–H groups in total. The highest BCUT2D eigenvalue weighted by molar-refractivity contribution is 6.76. The summed E-state index contributed by atoms with van der Waals surface area (Å²) in [5.41, 5.74) is -0.513. The van der Waals surface area contributed by atoms with Crippen LogP contribution in [0.25, 0.3) is 0 Å². The van der Waals surface area contributed by atoms with Crippen molar-refractivity contribution < 1.29 is 44.3 Å². The zero-order chi connectivity index (χ0) is 23.6. The molecule has 2 atom stereocenters. The topological polar surface area (TPSA) is 92.3 Å². The second kappa shape index (κ2) is 13.2. The van der Waals surface area contributed by atoms with Crippen molar-refractivity contribution in [3.8, 4) is 0 Å². The molecule has 0 aliphatic rings. The van der Waals surface area contributed by atoms with Crippen molar-refractivity contribution in [1.29, 1.82) is 0 Å². The molecule has 0 amide bonds. The molecule has 182 valence electrons. The van der Waals surface area contributed by atoms with Crippen LogP contribution in [0.3, 0.4) is 0 Å². The lowest BCUT2D eigenvalue weighted by Crippen LogP contribution is -2.59. The first-order chi connectivity index (χ1) is 14.0. The van der Waals surface area contributed by atoms with E-state index in [-0.39, 0.29) is 11.1 Å². The van der Waals surface area contributed by atoms with E-state index in [0.29, 0.717) is 12.1 Å². The molecule has 0 saturated heterocycles. The van der Waals surface area contributed by atoms with E-state index in [2.05, 4.69) is 0 Å². The van der Waals surface area contributed by atoms with Gasteiger partial charge in [-0.05, 0) is 19.1 Å². The van der Waals surface area contributed by atoms with Crippen LogP contribution in [0.2, 0.25) is 36.3 Å². The van der Waals surface area contributed by atoms with Gasteiger partial charge in [-0.3, -0.25) is 0 Å². The Balaban J connectivity index is 6.78. The summed E-state index contributed by atoms with van der Waals surface area (Å²) < 4.78 is 58.6. The van der Waals surface area contributed by atoms with Gasteiger partial charge in [-0.25, -0.2) is 0 Å². The lowest BCUT2D eigenvalue weighted by molar-refractivity contribution is 0.0928. The summed E-state index contributed by atoms with van der Waals surface area (Å²) in [5, 5.41) is 0. The average molecular weight is 507 g/mol. The van der Waals surface area contributed by atoms with Gasteiger partial charge in [0.25, 0.3) is 0 Å². The summed E-state index contributed by atoms with van der Waals surface area (Å²) in [6.07, 6.45) is 0. The van der Waals surface area contributed by atoms with Crippen LogP contribution in [0.4, 0.5) is 0 Å². The fourth-order valence-corrected chi connectivity index (χ4v) is 17.1. The van der Waals surface area contributed by atoms with Crippen LogP contribution >= 0.6 is 0 Å². The molecule has 0 bridgehead atoms. The molecule has 14 heteroatoms. The van der Waals surface area contributed by atoms with Crippen LogP contribution in [-0.2, 0) is 44.3 Å². The van der Waals surface area contributed by atoms with E-state index in [1.165, 1.54) is 0 Å². The summed E-state index contributed by atoms with van der Waals surface area (Å²) in [6.45, 7) is 4.00. The number of hydrogen-bond donors (Lipinski definition) is 0. The Morgan fingerprint density at radius 1 is 0.467 bits per heavy atom. The van der Waals surface area contributed by atoms with Gasteiger partial charge >= 0.3 is 34.7 Å². The normalized spacial score (nSPS) is 16.0. The minimum Gasteiger partial charge on any atom is -0.398 e. The first kappa shape index (κ1) is 30.5. The standard InChI is InChI=1S/C16H42O10Si4/c1-17-27(11,18-2)13-15(28(12,19-3)20-4)16(30(24-8,25-9)26-10)14-29(21-5,22-6)23-7/h15-16H,13-14H2,1-12H3. The molecule has 0 aromatic heterocycles. The van der Waals surface area contributed by atoms with E-state index < -0.39 is 34.7 Å². The molecular weight excluding hydrogens is 465 g/mol. The maximum Gasteiger partial charge on any atom is 0.503 e. The average Bonchev–Trinajstić information content (AvgIpc) is 2.80. The third-order valence-electron chi connectivity index (χ3n) is 6.13. The Bertz CT molecular complexity index is 454. The van der Waals surface area contributed by atoms with Gasteiger partial charge in [-0.1, -0.05) is 0 Å². The summed E-state index contributed by atoms with van der Waals surface area (Å²) in [6, 6.07) is 0.956. The Hall–Kier alpha value is 0.468. The van der Waals surface area contributed by atoms with E-state index in [4.69, 9.17) is 44.3 Å². The van der Waals surface area contributed by atoms with Crippen molar-refractivity contribution in [3.63, 3.8) is 0 Å². The maximum atomic E-state index is 5.99. The smallest absolute Gasteiger partial charge is 0.398 e. The minimum atomic E-state index is -3.26. The van der Waals surface area contributed by atoms with Crippen molar-refractivity contribution >= 4 is 34.7 Å². The molecule has 0 aliphatic carbocycles. The van der Waals surface area contributed by atoms with Crippen molar-refractivity contribution in [3.05, 3.63) is 0 Å². The maximum absolute atomic E-state index is 5.99. The van der Waals surface area contributed by atoms with Crippen molar-refractivity contribution in [2.24, 2.45) is 0 Å². The van der Waals surface area contributed by atoms with Gasteiger partial charge in [0.15, 0.2) is 0 Å². The number of hydrogen-bond acceptors (Lipinski definition) is 10. The van der Waals surface area contributed by atoms with E-state index in [1.807, 2.05) is 13.1 Å². The van der Waals surface area contributed by atoms with Crippen molar-refractivity contribution in [2.75, 3.05) is 71.1 Å². The van der Waals surface area contributed by atoms with Gasteiger partial charge in [0.2, 0.25) is 0 Å². The predicted octanol–water partition coefficient (Wildman–Crippen LogP) is 2.21. The van der Waals surface area contributed by atoms with E-state index in [1.54, 1.807) is 71.1 Å². The molecule has 0 aromatic carbocycles. The minimum absolute atomic E-state index is 0.192. The fourth-order valence-electron chi connectivity index (χ4n) is 3.72. The molecule has 0 spiro atoms. The molecule has 0 rings (SSSR count). The molecule has 2 unspecified atom stereocenters. The van der Waals surface area contributed by atoms with Gasteiger partial charge in [0, 0.05) is 88.2 Å².